The van der Waals surface area contributed by atoms with Gasteiger partial charge in [-0.15, -0.1) is 0 Å². The Bertz CT molecular complexity index is 1300. The smallest absolute Gasteiger partial charge is 0.300 e. The van der Waals surface area contributed by atoms with Crippen LogP contribution in [0.3, 0.4) is 0 Å². The van der Waals surface area contributed by atoms with E-state index in [1.165, 1.54) is 43.5 Å². The van der Waals surface area contributed by atoms with Gasteiger partial charge in [0.25, 0.3) is 11.7 Å². The van der Waals surface area contributed by atoms with Gasteiger partial charge in [0.2, 0.25) is 0 Å². The number of phenolic OH excluding ortho intramolecular Hbond substituents is 1. The van der Waals surface area contributed by atoms with Crippen LogP contribution >= 0.6 is 11.6 Å². The Balaban J connectivity index is 2.03. The number of ketones is 1. The number of aryl methyl sites for hydroxylation is 1. The molecule has 0 aromatic heterocycles. The van der Waals surface area contributed by atoms with Gasteiger partial charge in [-0.25, -0.2) is 4.39 Å². The highest BCUT2D eigenvalue weighted by molar-refractivity contribution is 6.52. The summed E-state index contributed by atoms with van der Waals surface area (Å²) in [7, 11) is 1.37. The predicted molar refractivity (Wildman–Crippen MR) is 122 cm³/mol. The Kier molecular flexibility index (Phi) is 5.82. The minimum absolute atomic E-state index is 0.0715. The lowest BCUT2D eigenvalue weighted by atomic mass is 9.94. The maximum atomic E-state index is 13.6. The molecule has 6 nitrogen and oxygen atoms in total. The van der Waals surface area contributed by atoms with E-state index in [9.17, 15) is 24.2 Å². The summed E-state index contributed by atoms with van der Waals surface area (Å²) in [4.78, 5) is 27.4. The third-order valence-corrected chi connectivity index (χ3v) is 5.70. The zero-order chi connectivity index (χ0) is 23.9. The summed E-state index contributed by atoms with van der Waals surface area (Å²) >= 11 is 6.27. The summed E-state index contributed by atoms with van der Waals surface area (Å²) in [5.74, 6) is -3.03. The van der Waals surface area contributed by atoms with Gasteiger partial charge in [0.15, 0.2) is 0 Å². The van der Waals surface area contributed by atoms with Gasteiger partial charge in [-0.1, -0.05) is 35.9 Å². The molecule has 168 valence electrons. The summed E-state index contributed by atoms with van der Waals surface area (Å²) in [6.45, 7) is 1.75. The summed E-state index contributed by atoms with van der Waals surface area (Å²) < 4.78 is 19.0. The molecule has 0 aliphatic carbocycles. The summed E-state index contributed by atoms with van der Waals surface area (Å²) in [6, 6.07) is 13.3. The molecule has 0 bridgehead atoms. The summed E-state index contributed by atoms with van der Waals surface area (Å²) in [5.41, 5.74) is 1.01. The topological polar surface area (TPSA) is 87.1 Å². The first-order valence-electron chi connectivity index (χ1n) is 9.93. The average molecular weight is 468 g/mol. The molecule has 33 heavy (non-hydrogen) atoms. The first-order chi connectivity index (χ1) is 15.7. The molecule has 0 saturated carbocycles. The third kappa shape index (κ3) is 3.81. The van der Waals surface area contributed by atoms with Crippen molar-refractivity contribution in [1.82, 2.24) is 0 Å². The van der Waals surface area contributed by atoms with Gasteiger partial charge in [-0.2, -0.15) is 0 Å². The molecule has 0 spiro atoms. The fraction of sp³-hybridized carbons (Fsp3) is 0.120. The van der Waals surface area contributed by atoms with Crippen LogP contribution in [0.5, 0.6) is 11.5 Å². The number of hydrogen-bond acceptors (Lipinski definition) is 5. The Hall–Kier alpha value is -3.84. The third-order valence-electron chi connectivity index (χ3n) is 5.42. The van der Waals surface area contributed by atoms with Crippen LogP contribution in [0.1, 0.15) is 22.7 Å². The normalized spacial score (nSPS) is 17.5. The number of hydrogen-bond donors (Lipinski definition) is 2. The number of phenols is 1. The number of aliphatic hydroxyl groups excluding tert-OH is 1. The number of carbonyl (C=O) groups is 2. The van der Waals surface area contributed by atoms with E-state index in [-0.39, 0.29) is 33.3 Å². The lowest BCUT2D eigenvalue weighted by Crippen LogP contribution is -2.29. The van der Waals surface area contributed by atoms with Crippen molar-refractivity contribution in [2.75, 3.05) is 12.0 Å². The summed E-state index contributed by atoms with van der Waals surface area (Å²) in [6.07, 6.45) is 0. The fourth-order valence-electron chi connectivity index (χ4n) is 3.97. The van der Waals surface area contributed by atoms with E-state index in [0.29, 0.717) is 11.1 Å². The average Bonchev–Trinajstić information content (AvgIpc) is 3.04. The molecule has 8 heteroatoms. The number of methoxy groups -OCH3 is 1. The number of carbonyl (C=O) groups excluding carboxylic acids is 2. The van der Waals surface area contributed by atoms with Crippen LogP contribution in [0.25, 0.3) is 5.76 Å². The number of Topliss-reactive ketones (excluding diaryl/α,β-unsaturated/α-hetero) is 1. The lowest BCUT2D eigenvalue weighted by Gasteiger charge is -2.26. The van der Waals surface area contributed by atoms with Gasteiger partial charge < -0.3 is 14.9 Å². The first kappa shape index (κ1) is 22.4. The van der Waals surface area contributed by atoms with Crippen molar-refractivity contribution in [3.05, 3.63) is 93.8 Å². The second kappa shape index (κ2) is 8.60. The van der Waals surface area contributed by atoms with E-state index in [1.54, 1.807) is 31.2 Å². The molecule has 1 aliphatic heterocycles. The molecule has 4 rings (SSSR count). The molecule has 0 radical (unpaired) electrons. The molecule has 1 amide bonds. The number of anilines is 1. The molecule has 3 aromatic rings. The van der Waals surface area contributed by atoms with Crippen LogP contribution in [-0.2, 0) is 9.59 Å². The highest BCUT2D eigenvalue weighted by Crippen LogP contribution is 2.46. The number of aliphatic hydroxyl groups is 1. The van der Waals surface area contributed by atoms with E-state index in [1.807, 2.05) is 0 Å². The molecule has 1 heterocycles. The molecule has 1 unspecified atom stereocenters. The number of amides is 1. The van der Waals surface area contributed by atoms with Gasteiger partial charge in [0.05, 0.1) is 35.0 Å². The number of rotatable bonds is 4. The Morgan fingerprint density at radius 1 is 1.09 bits per heavy atom. The largest absolute Gasteiger partial charge is 0.507 e. The highest BCUT2D eigenvalue weighted by Gasteiger charge is 2.48. The van der Waals surface area contributed by atoms with Gasteiger partial charge >= 0.3 is 0 Å². The van der Waals surface area contributed by atoms with Crippen molar-refractivity contribution in [3.63, 3.8) is 0 Å². The van der Waals surface area contributed by atoms with Crippen LogP contribution < -0.4 is 9.64 Å². The SMILES string of the molecule is COc1c(Cl)cc(C)cc1/C(O)=C1\C(=O)C(=O)N(c2ccccc2O)C1c1ccc(F)cc1. The minimum atomic E-state index is -1.14. The number of aromatic hydroxyl groups is 1. The number of ether oxygens (including phenoxy) is 1. The highest BCUT2D eigenvalue weighted by atomic mass is 35.5. The lowest BCUT2D eigenvalue weighted by molar-refractivity contribution is -0.132. The first-order valence-corrected chi connectivity index (χ1v) is 10.3. The van der Waals surface area contributed by atoms with E-state index >= 15 is 0 Å². The van der Waals surface area contributed by atoms with Crippen molar-refractivity contribution in [3.8, 4) is 11.5 Å². The Morgan fingerprint density at radius 3 is 2.39 bits per heavy atom. The van der Waals surface area contributed by atoms with Crippen LogP contribution in [0.2, 0.25) is 5.02 Å². The molecule has 1 fully saturated rings. The molecular weight excluding hydrogens is 449 g/mol. The van der Waals surface area contributed by atoms with Crippen LogP contribution in [0.4, 0.5) is 10.1 Å². The number of benzene rings is 3. The van der Waals surface area contributed by atoms with E-state index in [0.717, 1.165) is 4.90 Å². The molecule has 3 aromatic carbocycles. The van der Waals surface area contributed by atoms with Gasteiger partial charge in [0, 0.05) is 0 Å². The molecule has 1 atom stereocenters. The molecule has 1 saturated heterocycles. The number of halogens is 2. The predicted octanol–water partition coefficient (Wildman–Crippen LogP) is 5.13. The molecule has 2 N–H and O–H groups in total. The minimum Gasteiger partial charge on any atom is -0.507 e. The summed E-state index contributed by atoms with van der Waals surface area (Å²) in [5, 5.41) is 21.9. The zero-order valence-corrected chi connectivity index (χ0v) is 18.4. The Labute approximate surface area is 194 Å². The van der Waals surface area contributed by atoms with Gasteiger partial charge in [0.1, 0.15) is 23.1 Å². The maximum absolute atomic E-state index is 13.6. The van der Waals surface area contributed by atoms with E-state index < -0.39 is 29.3 Å². The van der Waals surface area contributed by atoms with Crippen molar-refractivity contribution in [2.24, 2.45) is 0 Å². The van der Waals surface area contributed by atoms with Crippen LogP contribution in [-0.4, -0.2) is 29.0 Å². The van der Waals surface area contributed by atoms with E-state index in [4.69, 9.17) is 16.3 Å². The quantitative estimate of drug-likeness (QED) is 0.315. The molecular formula is C25H19ClFNO5. The monoisotopic (exact) mass is 467 g/mol. The second-order valence-electron chi connectivity index (χ2n) is 7.54. The van der Waals surface area contributed by atoms with Crippen molar-refractivity contribution in [2.45, 2.75) is 13.0 Å². The Morgan fingerprint density at radius 2 is 1.76 bits per heavy atom. The number of nitrogens with zero attached hydrogens (tertiary/aromatic N) is 1. The van der Waals surface area contributed by atoms with Gasteiger partial charge in [-0.3, -0.25) is 14.5 Å². The van der Waals surface area contributed by atoms with Crippen LogP contribution in [0.15, 0.2) is 66.2 Å². The van der Waals surface area contributed by atoms with Crippen molar-refractivity contribution < 1.29 is 28.9 Å². The second-order valence-corrected chi connectivity index (χ2v) is 7.94. The maximum Gasteiger partial charge on any atom is 0.300 e. The van der Waals surface area contributed by atoms with Crippen molar-refractivity contribution >= 4 is 34.7 Å². The van der Waals surface area contributed by atoms with Crippen LogP contribution in [0, 0.1) is 12.7 Å². The van der Waals surface area contributed by atoms with Crippen molar-refractivity contribution in [1.29, 1.82) is 0 Å². The molecule has 1 aliphatic rings. The van der Waals surface area contributed by atoms with E-state index in [2.05, 4.69) is 0 Å². The standard InChI is InChI=1S/C25H19ClFNO5/c1-13-11-16(24(33-2)17(26)12-13)22(30)20-21(14-7-9-15(27)10-8-14)28(25(32)23(20)31)18-5-3-4-6-19(18)29/h3-12,21,29-30H,1-2H3/b22-20+. The fourth-order valence-corrected chi connectivity index (χ4v) is 4.32. The number of para-hydroxylation sites is 2. The van der Waals surface area contributed by atoms with Gasteiger partial charge in [-0.05, 0) is 54.4 Å². The zero-order valence-electron chi connectivity index (χ0n) is 17.7.